The minimum Gasteiger partial charge on any atom is -0.459 e. The maximum absolute atomic E-state index is 13.7. The van der Waals surface area contributed by atoms with Crippen LogP contribution in [0.4, 0.5) is 0 Å². The quantitative estimate of drug-likeness (QED) is 0.197. The van der Waals surface area contributed by atoms with Crippen molar-refractivity contribution in [3.05, 3.63) is 0 Å². The summed E-state index contributed by atoms with van der Waals surface area (Å²) in [6, 6.07) is -0.363. The first-order valence-corrected chi connectivity index (χ1v) is 16.7. The normalized spacial score (nSPS) is 42.6. The third kappa shape index (κ3) is 9.40. The van der Waals surface area contributed by atoms with Crippen LogP contribution < -0.4 is 0 Å². The van der Waals surface area contributed by atoms with Gasteiger partial charge in [-0.25, -0.2) is 0 Å². The highest BCUT2D eigenvalue weighted by Crippen LogP contribution is 2.41. The number of terminal acetylenes is 1. The highest BCUT2D eigenvalue weighted by Gasteiger charge is 2.52. The van der Waals surface area contributed by atoms with Crippen molar-refractivity contribution in [2.45, 2.75) is 143 Å². The molecule has 0 spiro atoms. The van der Waals surface area contributed by atoms with Gasteiger partial charge >= 0.3 is 11.9 Å². The average Bonchev–Trinajstić information content (AvgIpc) is 3.02. The van der Waals surface area contributed by atoms with Gasteiger partial charge in [-0.3, -0.25) is 19.3 Å². The van der Waals surface area contributed by atoms with Gasteiger partial charge in [-0.05, 0) is 47.1 Å². The minimum atomic E-state index is -1.98. The van der Waals surface area contributed by atoms with E-state index in [1.54, 1.807) is 27.7 Å². The molecular formula is C35H57NO11. The molecule has 3 N–H and O–H groups in total. The predicted molar refractivity (Wildman–Crippen MR) is 173 cm³/mol. The van der Waals surface area contributed by atoms with Crippen LogP contribution in [0.3, 0.4) is 0 Å². The minimum absolute atomic E-state index is 0.0572. The van der Waals surface area contributed by atoms with Crippen LogP contribution in [-0.2, 0) is 38.1 Å². The molecule has 268 valence electrons. The number of carbonyl (C=O) groups excluding carboxylic acids is 4. The molecule has 0 amide bonds. The molecule has 2 rings (SSSR count). The van der Waals surface area contributed by atoms with Crippen molar-refractivity contribution < 1.29 is 53.4 Å². The van der Waals surface area contributed by atoms with Crippen molar-refractivity contribution in [2.75, 3.05) is 13.6 Å². The van der Waals surface area contributed by atoms with Gasteiger partial charge in [-0.2, -0.15) is 0 Å². The fourth-order valence-corrected chi connectivity index (χ4v) is 7.24. The van der Waals surface area contributed by atoms with Gasteiger partial charge in [0.15, 0.2) is 12.4 Å². The number of rotatable bonds is 8. The smallest absolute Gasteiger partial charge is 0.311 e. The number of esters is 2. The summed E-state index contributed by atoms with van der Waals surface area (Å²) < 4.78 is 24.3. The molecule has 2 heterocycles. The molecule has 0 aromatic heterocycles. The van der Waals surface area contributed by atoms with E-state index in [0.29, 0.717) is 25.7 Å². The monoisotopic (exact) mass is 667 g/mol. The Morgan fingerprint density at radius 3 is 2.30 bits per heavy atom. The maximum Gasteiger partial charge on any atom is 0.311 e. The van der Waals surface area contributed by atoms with E-state index in [9.17, 15) is 34.5 Å². The van der Waals surface area contributed by atoms with Crippen LogP contribution in [0, 0.1) is 41.4 Å². The molecule has 12 nitrogen and oxygen atoms in total. The highest BCUT2D eigenvalue weighted by molar-refractivity contribution is 5.84. The Bertz CT molecular complexity index is 1140. The molecule has 2 fully saturated rings. The van der Waals surface area contributed by atoms with Crippen LogP contribution in [0.15, 0.2) is 0 Å². The van der Waals surface area contributed by atoms with Gasteiger partial charge in [0, 0.05) is 37.6 Å². The molecule has 0 aromatic rings. The number of likely N-dealkylation sites (N-methyl/N-ethyl adjacent to an activating group) is 1. The number of aliphatic hydroxyl groups excluding tert-OH is 2. The zero-order valence-electron chi connectivity index (χ0n) is 29.7. The van der Waals surface area contributed by atoms with Gasteiger partial charge < -0.3 is 39.1 Å². The number of Topliss-reactive ketones (excluding diaryl/α,β-unsaturated/α-hetero) is 1. The Hall–Kier alpha value is -2.40. The standard InChI is InChI=1S/C35H57NO11/c1-12-14-15-36(11)25-16-20(4)44-33(29(25)45-24(8)38)47-31-22(6)28(40)23(7)32(42)46-26(13-2)35(10,43)30(41)21(5)27(39)19(3)17-34(31,9)18-37/h1,18-23,25-26,28-31,33,40-41,43H,13-17H2,2-11H3/t19-,20-,21+,22+,23-,25+,26-,28+,29-,30-,31-,33+,34+,35-/m1/s1. The second-order valence-corrected chi connectivity index (χ2v) is 14.2. The van der Waals surface area contributed by atoms with Crippen molar-refractivity contribution in [3.63, 3.8) is 0 Å². The topological polar surface area (TPSA) is 169 Å². The van der Waals surface area contributed by atoms with Crippen LogP contribution in [-0.4, -0.2) is 112 Å². The fourth-order valence-electron chi connectivity index (χ4n) is 7.24. The second kappa shape index (κ2) is 16.8. The molecule has 47 heavy (non-hydrogen) atoms. The lowest BCUT2D eigenvalue weighted by molar-refractivity contribution is -0.292. The van der Waals surface area contributed by atoms with E-state index in [0.717, 1.165) is 0 Å². The SMILES string of the molecule is C#CCCN(C)[C@H]1C[C@@H](C)O[C@@H](O[C@@H]2[C@@H](C)[C@H](O)[C@@H](C)C(=O)O[C@H](CC)[C@@](C)(O)[C@H](O)[C@@H](C)C(=O)[C@H](C)C[C@@]2(C)C=O)[C@@H]1OC(C)=O. The molecule has 0 aliphatic carbocycles. The number of hydrogen-bond acceptors (Lipinski definition) is 12. The van der Waals surface area contributed by atoms with Crippen molar-refractivity contribution in [1.82, 2.24) is 4.90 Å². The predicted octanol–water partition coefficient (Wildman–Crippen LogP) is 2.28. The summed E-state index contributed by atoms with van der Waals surface area (Å²) in [6.45, 7) is 14.4. The summed E-state index contributed by atoms with van der Waals surface area (Å²) in [7, 11) is 1.86. The van der Waals surface area contributed by atoms with Crippen LogP contribution in [0.5, 0.6) is 0 Å². The van der Waals surface area contributed by atoms with E-state index in [4.69, 9.17) is 25.4 Å². The number of carbonyl (C=O) groups is 4. The van der Waals surface area contributed by atoms with Gasteiger partial charge in [-0.1, -0.05) is 34.6 Å². The first-order chi connectivity index (χ1) is 21.8. The lowest BCUT2D eigenvalue weighted by Crippen LogP contribution is -2.60. The van der Waals surface area contributed by atoms with E-state index in [1.807, 2.05) is 18.9 Å². The van der Waals surface area contributed by atoms with E-state index in [1.165, 1.54) is 27.7 Å². The molecule has 12 heteroatoms. The van der Waals surface area contributed by atoms with E-state index in [2.05, 4.69) is 5.92 Å². The second-order valence-electron chi connectivity index (χ2n) is 14.2. The Morgan fingerprint density at radius 1 is 1.15 bits per heavy atom. The van der Waals surface area contributed by atoms with Crippen LogP contribution >= 0.6 is 0 Å². The van der Waals surface area contributed by atoms with Gasteiger partial charge in [-0.15, -0.1) is 12.3 Å². The number of hydrogen-bond donors (Lipinski definition) is 3. The Kier molecular flexibility index (Phi) is 14.6. The lowest BCUT2D eigenvalue weighted by Gasteiger charge is -2.48. The summed E-state index contributed by atoms with van der Waals surface area (Å²) in [6.07, 6.45) is -0.666. The highest BCUT2D eigenvalue weighted by atomic mass is 16.7. The Morgan fingerprint density at radius 2 is 1.77 bits per heavy atom. The van der Waals surface area contributed by atoms with Gasteiger partial charge in [0.25, 0.3) is 0 Å². The zero-order chi connectivity index (χ0) is 36.0. The molecule has 14 atom stereocenters. The maximum atomic E-state index is 13.7. The molecule has 0 saturated carbocycles. The first kappa shape index (κ1) is 40.8. The molecule has 0 radical (unpaired) electrons. The summed E-state index contributed by atoms with van der Waals surface area (Å²) >= 11 is 0. The molecular weight excluding hydrogens is 610 g/mol. The van der Waals surface area contributed by atoms with Crippen LogP contribution in [0.25, 0.3) is 0 Å². The number of nitrogens with zero attached hydrogens (tertiary/aromatic N) is 1. The molecule has 0 aromatic carbocycles. The van der Waals surface area contributed by atoms with E-state index < -0.39 is 89.2 Å². The molecule has 0 unspecified atom stereocenters. The summed E-state index contributed by atoms with van der Waals surface area (Å²) in [5, 5.41) is 34.1. The Balaban J connectivity index is 2.68. The van der Waals surface area contributed by atoms with Crippen LogP contribution in [0.2, 0.25) is 0 Å². The number of ketones is 1. The molecule has 0 bridgehead atoms. The van der Waals surface area contributed by atoms with Gasteiger partial charge in [0.2, 0.25) is 0 Å². The first-order valence-electron chi connectivity index (χ1n) is 16.7. The lowest BCUT2D eigenvalue weighted by atomic mass is 9.69. The third-order valence-electron chi connectivity index (χ3n) is 10.2. The van der Waals surface area contributed by atoms with Gasteiger partial charge in [0.1, 0.15) is 23.8 Å². The van der Waals surface area contributed by atoms with Crippen LogP contribution in [0.1, 0.15) is 88.0 Å². The summed E-state index contributed by atoms with van der Waals surface area (Å²) in [5.41, 5.74) is -3.43. The average molecular weight is 668 g/mol. The summed E-state index contributed by atoms with van der Waals surface area (Å²) in [5.74, 6) is -3.16. The van der Waals surface area contributed by atoms with E-state index in [-0.39, 0.29) is 25.0 Å². The number of cyclic esters (lactones) is 1. The van der Waals surface area contributed by atoms with Crippen molar-refractivity contribution in [2.24, 2.45) is 29.1 Å². The van der Waals surface area contributed by atoms with Crippen molar-refractivity contribution in [1.29, 1.82) is 0 Å². The molecule has 2 saturated heterocycles. The van der Waals surface area contributed by atoms with Gasteiger partial charge in [0.05, 0.1) is 41.8 Å². The molecule has 2 aliphatic heterocycles. The van der Waals surface area contributed by atoms with Crippen molar-refractivity contribution >= 4 is 24.0 Å². The fraction of sp³-hybridized carbons (Fsp3) is 0.829. The van der Waals surface area contributed by atoms with E-state index >= 15 is 0 Å². The number of aldehydes is 1. The van der Waals surface area contributed by atoms with Crippen molar-refractivity contribution in [3.8, 4) is 12.3 Å². The summed E-state index contributed by atoms with van der Waals surface area (Å²) in [4.78, 5) is 54.5. The molecule has 2 aliphatic rings. The number of aliphatic hydroxyl groups is 3. The third-order valence-corrected chi connectivity index (χ3v) is 10.2. The zero-order valence-corrected chi connectivity index (χ0v) is 29.7. The largest absolute Gasteiger partial charge is 0.459 e. The Labute approximate surface area is 279 Å². The number of ether oxygens (including phenoxy) is 4.